The van der Waals surface area contributed by atoms with Crippen molar-refractivity contribution in [1.82, 2.24) is 0 Å². The molecule has 1 rings (SSSR count). The summed E-state index contributed by atoms with van der Waals surface area (Å²) < 4.78 is 38.3. The molecule has 0 saturated heterocycles. The molecular formula is C14H15F3N. The van der Waals surface area contributed by atoms with E-state index in [4.69, 9.17) is 5.26 Å². The van der Waals surface area contributed by atoms with Crippen LogP contribution in [-0.2, 0) is 6.18 Å². The largest absolute Gasteiger partial charge is 0.417 e. The maximum Gasteiger partial charge on any atom is 0.417 e. The lowest BCUT2D eigenvalue weighted by Crippen LogP contribution is -2.09. The number of halogens is 3. The Balaban J connectivity index is 3.08. The van der Waals surface area contributed by atoms with Gasteiger partial charge in [-0.3, -0.25) is 0 Å². The fourth-order valence-electron chi connectivity index (χ4n) is 1.77. The van der Waals surface area contributed by atoms with Gasteiger partial charge in [-0.1, -0.05) is 25.8 Å². The van der Waals surface area contributed by atoms with Crippen LogP contribution >= 0.6 is 0 Å². The van der Waals surface area contributed by atoms with Gasteiger partial charge in [-0.25, -0.2) is 0 Å². The van der Waals surface area contributed by atoms with Gasteiger partial charge in [0.25, 0.3) is 0 Å². The summed E-state index contributed by atoms with van der Waals surface area (Å²) in [6.45, 7) is 5.89. The Hall–Kier alpha value is -1.50. The molecular weight excluding hydrogens is 239 g/mol. The number of nitrogens with zero attached hydrogens (tertiary/aromatic N) is 1. The van der Waals surface area contributed by atoms with Crippen LogP contribution in [0.1, 0.15) is 48.8 Å². The highest BCUT2D eigenvalue weighted by atomic mass is 19.4. The van der Waals surface area contributed by atoms with Crippen LogP contribution in [0, 0.1) is 18.3 Å². The molecule has 97 valence electrons. The first-order valence-corrected chi connectivity index (χ1v) is 5.84. The number of hydrogen-bond donors (Lipinski definition) is 0. The second-order valence-electron chi connectivity index (χ2n) is 4.25. The van der Waals surface area contributed by atoms with E-state index in [9.17, 15) is 13.2 Å². The zero-order valence-corrected chi connectivity index (χ0v) is 10.2. The average molecular weight is 254 g/mol. The van der Waals surface area contributed by atoms with Crippen molar-refractivity contribution in [1.29, 1.82) is 5.26 Å². The second kappa shape index (κ2) is 5.90. The minimum atomic E-state index is -4.49. The number of unbranched alkanes of at least 4 members (excludes halogenated alkanes) is 1. The average Bonchev–Trinajstić information content (AvgIpc) is 2.34. The van der Waals surface area contributed by atoms with E-state index in [-0.39, 0.29) is 11.5 Å². The van der Waals surface area contributed by atoms with Gasteiger partial charge in [0.05, 0.1) is 17.2 Å². The standard InChI is InChI=1S/C14H15F3N/c1-3-4-5-10(2)11-6-7-12(9-18)13(8-11)14(15,16)17/h6-8,10H,2-5H2,1H3. The summed E-state index contributed by atoms with van der Waals surface area (Å²) in [5, 5.41) is 8.69. The fraction of sp³-hybridized carbons (Fsp3) is 0.429. The first-order chi connectivity index (χ1) is 8.40. The molecule has 4 heteroatoms. The monoisotopic (exact) mass is 254 g/mol. The first-order valence-electron chi connectivity index (χ1n) is 5.84. The third-order valence-electron chi connectivity index (χ3n) is 2.85. The second-order valence-corrected chi connectivity index (χ2v) is 4.25. The highest BCUT2D eigenvalue weighted by Gasteiger charge is 2.34. The predicted octanol–water partition coefficient (Wildman–Crippen LogP) is 4.68. The van der Waals surface area contributed by atoms with Crippen molar-refractivity contribution in [2.24, 2.45) is 0 Å². The first kappa shape index (κ1) is 14.6. The molecule has 0 saturated carbocycles. The molecule has 1 radical (unpaired) electrons. The van der Waals surface area contributed by atoms with Crippen LogP contribution in [0.3, 0.4) is 0 Å². The van der Waals surface area contributed by atoms with E-state index in [1.165, 1.54) is 6.07 Å². The van der Waals surface area contributed by atoms with E-state index in [1.54, 1.807) is 12.1 Å². The number of rotatable bonds is 4. The number of nitriles is 1. The molecule has 0 spiro atoms. The molecule has 18 heavy (non-hydrogen) atoms. The molecule has 1 aromatic rings. The summed E-state index contributed by atoms with van der Waals surface area (Å²) in [6.07, 6.45) is -1.84. The zero-order valence-electron chi connectivity index (χ0n) is 10.2. The van der Waals surface area contributed by atoms with Crippen molar-refractivity contribution >= 4 is 0 Å². The highest BCUT2D eigenvalue weighted by molar-refractivity contribution is 5.43. The van der Waals surface area contributed by atoms with E-state index in [1.807, 2.05) is 6.92 Å². The Morgan fingerprint density at radius 3 is 2.56 bits per heavy atom. The van der Waals surface area contributed by atoms with Gasteiger partial charge in [0, 0.05) is 0 Å². The smallest absolute Gasteiger partial charge is 0.192 e. The van der Waals surface area contributed by atoms with E-state index < -0.39 is 11.7 Å². The minimum Gasteiger partial charge on any atom is -0.192 e. The molecule has 1 aromatic carbocycles. The lowest BCUT2D eigenvalue weighted by molar-refractivity contribution is -0.137. The van der Waals surface area contributed by atoms with Crippen LogP contribution in [0.15, 0.2) is 18.2 Å². The normalized spacial score (nSPS) is 13.1. The number of alkyl halides is 3. The van der Waals surface area contributed by atoms with Gasteiger partial charge < -0.3 is 0 Å². The Bertz CT molecular complexity index is 443. The van der Waals surface area contributed by atoms with Gasteiger partial charge in [0.2, 0.25) is 0 Å². The molecule has 0 aromatic heterocycles. The van der Waals surface area contributed by atoms with E-state index >= 15 is 0 Å². The van der Waals surface area contributed by atoms with E-state index in [0.29, 0.717) is 5.56 Å². The van der Waals surface area contributed by atoms with Crippen LogP contribution in [0.2, 0.25) is 0 Å². The van der Waals surface area contributed by atoms with E-state index in [2.05, 4.69) is 6.92 Å². The van der Waals surface area contributed by atoms with Gasteiger partial charge >= 0.3 is 6.18 Å². The maximum atomic E-state index is 12.8. The lowest BCUT2D eigenvalue weighted by atomic mass is 9.92. The van der Waals surface area contributed by atoms with Crippen molar-refractivity contribution in [3.63, 3.8) is 0 Å². The van der Waals surface area contributed by atoms with Crippen molar-refractivity contribution in [3.8, 4) is 6.07 Å². The van der Waals surface area contributed by atoms with E-state index in [0.717, 1.165) is 25.3 Å². The summed E-state index contributed by atoms with van der Waals surface area (Å²) in [5.41, 5.74) is -0.670. The van der Waals surface area contributed by atoms with Crippen LogP contribution in [0.5, 0.6) is 0 Å². The Morgan fingerprint density at radius 2 is 2.06 bits per heavy atom. The summed E-state index contributed by atoms with van der Waals surface area (Å²) in [7, 11) is 0. The molecule has 0 N–H and O–H groups in total. The van der Waals surface area contributed by atoms with Crippen molar-refractivity contribution in [2.75, 3.05) is 0 Å². The van der Waals surface area contributed by atoms with Crippen LogP contribution in [-0.4, -0.2) is 0 Å². The number of hydrogen-bond acceptors (Lipinski definition) is 1. The van der Waals surface area contributed by atoms with Gasteiger partial charge in [-0.2, -0.15) is 18.4 Å². The van der Waals surface area contributed by atoms with Crippen LogP contribution in [0.25, 0.3) is 0 Å². The maximum absolute atomic E-state index is 12.8. The molecule has 0 aliphatic heterocycles. The van der Waals surface area contributed by atoms with Crippen LogP contribution in [0.4, 0.5) is 13.2 Å². The van der Waals surface area contributed by atoms with Crippen molar-refractivity contribution < 1.29 is 13.2 Å². The zero-order chi connectivity index (χ0) is 13.8. The lowest BCUT2D eigenvalue weighted by Gasteiger charge is -2.15. The SMILES string of the molecule is [CH2]C(CCCC)c1ccc(C#N)c(C(F)(F)F)c1. The molecule has 0 aliphatic carbocycles. The third-order valence-corrected chi connectivity index (χ3v) is 2.85. The topological polar surface area (TPSA) is 23.8 Å². The van der Waals surface area contributed by atoms with Crippen LogP contribution < -0.4 is 0 Å². The molecule has 0 heterocycles. The summed E-state index contributed by atoms with van der Waals surface area (Å²) in [4.78, 5) is 0. The highest BCUT2D eigenvalue weighted by Crippen LogP contribution is 2.34. The van der Waals surface area contributed by atoms with Gasteiger partial charge in [-0.05, 0) is 37.0 Å². The molecule has 1 nitrogen and oxygen atoms in total. The number of benzene rings is 1. The summed E-state index contributed by atoms with van der Waals surface area (Å²) in [5.74, 6) is -0.168. The molecule has 1 unspecified atom stereocenters. The minimum absolute atomic E-state index is 0.168. The molecule has 0 amide bonds. The van der Waals surface area contributed by atoms with Gasteiger partial charge in [-0.15, -0.1) is 0 Å². The Labute approximate surface area is 105 Å². The third kappa shape index (κ3) is 3.49. The Morgan fingerprint density at radius 1 is 1.39 bits per heavy atom. The molecule has 0 fully saturated rings. The quantitative estimate of drug-likeness (QED) is 0.765. The fourth-order valence-corrected chi connectivity index (χ4v) is 1.77. The van der Waals surface area contributed by atoms with Gasteiger partial charge in [0.1, 0.15) is 0 Å². The van der Waals surface area contributed by atoms with Crippen molar-refractivity contribution in [3.05, 3.63) is 41.8 Å². The van der Waals surface area contributed by atoms with Gasteiger partial charge in [0.15, 0.2) is 0 Å². The van der Waals surface area contributed by atoms with Crippen molar-refractivity contribution in [2.45, 2.75) is 38.3 Å². The predicted molar refractivity (Wildman–Crippen MR) is 63.8 cm³/mol. The summed E-state index contributed by atoms with van der Waals surface area (Å²) in [6, 6.07) is 5.40. The molecule has 1 atom stereocenters. The molecule has 0 aliphatic rings. The molecule has 0 bridgehead atoms. The Kier molecular flexibility index (Phi) is 4.77. The summed E-state index contributed by atoms with van der Waals surface area (Å²) >= 11 is 0.